The predicted octanol–water partition coefficient (Wildman–Crippen LogP) is 5.33. The van der Waals surface area contributed by atoms with Gasteiger partial charge in [-0.25, -0.2) is 9.78 Å². The van der Waals surface area contributed by atoms with E-state index in [-0.39, 0.29) is 11.3 Å². The molecule has 0 saturated carbocycles. The third-order valence-corrected chi connectivity index (χ3v) is 7.71. The van der Waals surface area contributed by atoms with Crippen LogP contribution in [0.3, 0.4) is 0 Å². The third kappa shape index (κ3) is 4.20. The van der Waals surface area contributed by atoms with Crippen molar-refractivity contribution in [3.63, 3.8) is 0 Å². The van der Waals surface area contributed by atoms with Gasteiger partial charge < -0.3 is 14.6 Å². The van der Waals surface area contributed by atoms with Crippen LogP contribution >= 0.6 is 11.3 Å². The molecule has 5 rings (SSSR count). The molecule has 0 radical (unpaired) electrons. The van der Waals surface area contributed by atoms with Crippen LogP contribution in [0.4, 0.5) is 5.13 Å². The number of hydrogen-bond acceptors (Lipinski definition) is 8. The zero-order valence-corrected chi connectivity index (χ0v) is 22.0. The summed E-state index contributed by atoms with van der Waals surface area (Å²) in [5.41, 5.74) is 1.94. The minimum absolute atomic E-state index is 0.0563. The van der Waals surface area contributed by atoms with E-state index < -0.39 is 23.7 Å². The number of rotatable bonds is 5. The number of Topliss-reactive ketones (excluding diaryl/α,β-unsaturated/α-hetero) is 1. The lowest BCUT2D eigenvalue weighted by Crippen LogP contribution is -2.29. The molecule has 1 aliphatic rings. The number of aliphatic hydroxyl groups excluding tert-OH is 1. The van der Waals surface area contributed by atoms with Crippen LogP contribution in [-0.4, -0.2) is 42.0 Å². The summed E-state index contributed by atoms with van der Waals surface area (Å²) in [4.78, 5) is 45.5. The number of amides is 1. The van der Waals surface area contributed by atoms with Crippen LogP contribution in [-0.2, 0) is 14.3 Å². The molecule has 4 aromatic rings. The van der Waals surface area contributed by atoms with Crippen LogP contribution in [0.1, 0.15) is 38.1 Å². The number of esters is 1. The van der Waals surface area contributed by atoms with Crippen LogP contribution in [0.15, 0.2) is 66.2 Å². The van der Waals surface area contributed by atoms with E-state index in [0.29, 0.717) is 27.6 Å². The highest BCUT2D eigenvalue weighted by atomic mass is 32.1. The van der Waals surface area contributed by atoms with E-state index in [0.717, 1.165) is 21.3 Å². The molecule has 2 heterocycles. The van der Waals surface area contributed by atoms with Crippen LogP contribution in [0.25, 0.3) is 16.5 Å². The number of ketones is 1. The molecule has 1 unspecified atom stereocenters. The van der Waals surface area contributed by atoms with E-state index in [9.17, 15) is 19.5 Å². The number of benzene rings is 3. The number of nitrogens with zero attached hydrogens (tertiary/aromatic N) is 2. The van der Waals surface area contributed by atoms with E-state index in [1.807, 2.05) is 32.0 Å². The smallest absolute Gasteiger partial charge is 0.337 e. The van der Waals surface area contributed by atoms with Crippen molar-refractivity contribution < 1.29 is 29.0 Å². The minimum atomic E-state index is -0.946. The number of aromatic nitrogens is 1. The average molecular weight is 529 g/mol. The fourth-order valence-electron chi connectivity index (χ4n) is 4.48. The third-order valence-electron chi connectivity index (χ3n) is 6.64. The van der Waals surface area contributed by atoms with Crippen molar-refractivity contribution in [3.8, 4) is 5.75 Å². The number of anilines is 1. The normalized spacial score (nSPS) is 16.7. The first-order chi connectivity index (χ1) is 18.2. The summed E-state index contributed by atoms with van der Waals surface area (Å²) in [6.07, 6.45) is 0. The number of fused-ring (bicyclic) bond motifs is 1. The molecule has 3 aromatic carbocycles. The Balaban J connectivity index is 1.69. The summed E-state index contributed by atoms with van der Waals surface area (Å²) >= 11 is 1.29. The Morgan fingerprint density at radius 3 is 2.24 bits per heavy atom. The standard InChI is InChI=1S/C29H24N2O6S/c1-15-16(2)38-29(30-15)31-24(17-5-7-18(8-6-17)28(35)37-4)23(26(33)27(31)34)25(32)21-10-9-20-14-22(36-3)12-11-19(20)13-21/h5-14,24,32H,1-4H3/b25-23+. The van der Waals surface area contributed by atoms with Gasteiger partial charge in [-0.15, -0.1) is 11.3 Å². The number of aliphatic hydroxyl groups is 1. The van der Waals surface area contributed by atoms with E-state index in [4.69, 9.17) is 9.47 Å². The van der Waals surface area contributed by atoms with Crippen LogP contribution in [0.2, 0.25) is 0 Å². The average Bonchev–Trinajstić information content (AvgIpc) is 3.41. The molecule has 1 saturated heterocycles. The first-order valence-electron chi connectivity index (χ1n) is 11.7. The quantitative estimate of drug-likeness (QED) is 0.161. The summed E-state index contributed by atoms with van der Waals surface area (Å²) in [5, 5.41) is 13.5. The zero-order chi connectivity index (χ0) is 27.1. The van der Waals surface area contributed by atoms with Gasteiger partial charge in [0.2, 0.25) is 0 Å². The molecule has 0 bridgehead atoms. The Kier molecular flexibility index (Phi) is 6.46. The largest absolute Gasteiger partial charge is 0.507 e. The lowest BCUT2D eigenvalue weighted by molar-refractivity contribution is -0.132. The van der Waals surface area contributed by atoms with Crippen molar-refractivity contribution in [1.29, 1.82) is 0 Å². The molecule has 38 heavy (non-hydrogen) atoms. The number of carbonyl (C=O) groups excluding carboxylic acids is 3. The highest BCUT2D eigenvalue weighted by Gasteiger charge is 2.48. The van der Waals surface area contributed by atoms with E-state index in [1.54, 1.807) is 49.6 Å². The van der Waals surface area contributed by atoms with Gasteiger partial charge in [-0.1, -0.05) is 30.3 Å². The van der Waals surface area contributed by atoms with Crippen molar-refractivity contribution in [2.45, 2.75) is 19.9 Å². The molecule has 0 spiro atoms. The second-order valence-electron chi connectivity index (χ2n) is 8.85. The van der Waals surface area contributed by atoms with E-state index in [1.165, 1.54) is 23.3 Å². The lowest BCUT2D eigenvalue weighted by Gasteiger charge is -2.23. The lowest BCUT2D eigenvalue weighted by atomic mass is 9.94. The Labute approximate surface area is 222 Å². The van der Waals surface area contributed by atoms with Gasteiger partial charge >= 0.3 is 11.9 Å². The summed E-state index contributed by atoms with van der Waals surface area (Å²) in [7, 11) is 2.88. The van der Waals surface area contributed by atoms with Crippen LogP contribution in [0, 0.1) is 13.8 Å². The van der Waals surface area contributed by atoms with Crippen molar-refractivity contribution in [3.05, 3.63) is 93.5 Å². The fraction of sp³-hybridized carbons (Fsp3) is 0.172. The highest BCUT2D eigenvalue weighted by Crippen LogP contribution is 2.44. The number of thiazole rings is 1. The molecule has 9 heteroatoms. The Morgan fingerprint density at radius 2 is 1.61 bits per heavy atom. The van der Waals surface area contributed by atoms with E-state index in [2.05, 4.69) is 4.98 Å². The minimum Gasteiger partial charge on any atom is -0.507 e. The van der Waals surface area contributed by atoms with Crippen molar-refractivity contribution in [2.24, 2.45) is 0 Å². The Morgan fingerprint density at radius 1 is 0.947 bits per heavy atom. The molecule has 1 N–H and O–H groups in total. The molecule has 8 nitrogen and oxygen atoms in total. The summed E-state index contributed by atoms with van der Waals surface area (Å²) in [6.45, 7) is 3.72. The fourth-order valence-corrected chi connectivity index (χ4v) is 5.41. The Hall–Kier alpha value is -4.50. The van der Waals surface area contributed by atoms with Gasteiger partial charge in [0.1, 0.15) is 11.5 Å². The number of hydrogen-bond donors (Lipinski definition) is 1. The molecule has 1 aliphatic heterocycles. The van der Waals surface area contributed by atoms with Gasteiger partial charge in [0.05, 0.1) is 37.1 Å². The molecule has 1 fully saturated rings. The maximum absolute atomic E-state index is 13.4. The number of methoxy groups -OCH3 is 2. The van der Waals surface area contributed by atoms with Crippen molar-refractivity contribution >= 4 is 50.7 Å². The highest BCUT2D eigenvalue weighted by molar-refractivity contribution is 7.16. The van der Waals surface area contributed by atoms with Gasteiger partial charge in [-0.2, -0.15) is 0 Å². The molecular formula is C29H24N2O6S. The molecular weight excluding hydrogens is 504 g/mol. The molecule has 0 aliphatic carbocycles. The zero-order valence-electron chi connectivity index (χ0n) is 21.1. The summed E-state index contributed by atoms with van der Waals surface area (Å²) < 4.78 is 10.1. The van der Waals surface area contributed by atoms with Gasteiger partial charge in [0.15, 0.2) is 5.13 Å². The molecule has 1 amide bonds. The summed E-state index contributed by atoms with van der Waals surface area (Å²) in [5.74, 6) is -1.71. The summed E-state index contributed by atoms with van der Waals surface area (Å²) in [6, 6.07) is 16.3. The second kappa shape index (κ2) is 9.75. The first kappa shape index (κ1) is 25.2. The van der Waals surface area contributed by atoms with Crippen LogP contribution < -0.4 is 9.64 Å². The van der Waals surface area contributed by atoms with Gasteiger partial charge in [-0.05, 0) is 60.5 Å². The van der Waals surface area contributed by atoms with Gasteiger partial charge in [0.25, 0.3) is 5.78 Å². The number of ether oxygens (including phenoxy) is 2. The first-order valence-corrected chi connectivity index (χ1v) is 12.6. The number of carbonyl (C=O) groups is 3. The monoisotopic (exact) mass is 528 g/mol. The predicted molar refractivity (Wildman–Crippen MR) is 145 cm³/mol. The second-order valence-corrected chi connectivity index (χ2v) is 10.0. The van der Waals surface area contributed by atoms with Gasteiger partial charge in [-0.3, -0.25) is 14.5 Å². The molecule has 192 valence electrons. The number of aryl methyl sites for hydroxylation is 2. The van der Waals surface area contributed by atoms with Crippen molar-refractivity contribution in [1.82, 2.24) is 4.98 Å². The van der Waals surface area contributed by atoms with Crippen LogP contribution in [0.5, 0.6) is 5.75 Å². The molecule has 1 aromatic heterocycles. The topological polar surface area (TPSA) is 106 Å². The van der Waals surface area contributed by atoms with E-state index >= 15 is 0 Å². The maximum atomic E-state index is 13.4. The Bertz CT molecular complexity index is 1620. The SMILES string of the molecule is COC(=O)c1ccc(C2/C(=C(\O)c3ccc4cc(OC)ccc4c3)C(=O)C(=O)N2c2nc(C)c(C)s2)cc1. The van der Waals surface area contributed by atoms with Gasteiger partial charge in [0, 0.05) is 10.4 Å². The maximum Gasteiger partial charge on any atom is 0.337 e. The molecule has 1 atom stereocenters. The van der Waals surface area contributed by atoms with Crippen molar-refractivity contribution in [2.75, 3.05) is 19.1 Å².